The highest BCUT2D eigenvalue weighted by Gasteiger charge is 2.30. The fraction of sp³-hybridized carbons (Fsp3) is 0.125. The Morgan fingerprint density at radius 1 is 1.14 bits per heavy atom. The lowest BCUT2D eigenvalue weighted by Crippen LogP contribution is -2.20. The van der Waals surface area contributed by atoms with Crippen LogP contribution in [0.4, 0.5) is 18.9 Å². The molecule has 0 saturated heterocycles. The van der Waals surface area contributed by atoms with Crippen LogP contribution in [-0.4, -0.2) is 34.9 Å². The number of aromatic nitrogens is 6. The Balaban J connectivity index is 1.49. The van der Waals surface area contributed by atoms with Crippen LogP contribution < -0.4 is 5.32 Å². The lowest BCUT2D eigenvalue weighted by atomic mass is 10.1. The number of amides is 1. The molecule has 0 saturated carbocycles. The van der Waals surface area contributed by atoms with Gasteiger partial charge in [0.1, 0.15) is 17.6 Å². The van der Waals surface area contributed by atoms with Gasteiger partial charge in [0.15, 0.2) is 0 Å². The maximum atomic E-state index is 12.8. The van der Waals surface area contributed by atoms with Gasteiger partial charge in [-0.25, -0.2) is 0 Å². The van der Waals surface area contributed by atoms with Crippen molar-refractivity contribution in [1.29, 1.82) is 0 Å². The maximum Gasteiger partial charge on any atom is 0.416 e. The predicted octanol–water partition coefficient (Wildman–Crippen LogP) is 3.00. The Kier molecular flexibility index (Phi) is 4.47. The van der Waals surface area contributed by atoms with E-state index in [1.165, 1.54) is 12.1 Å². The molecular weight excluding hydrogens is 395 g/mol. The van der Waals surface area contributed by atoms with E-state index >= 15 is 0 Å². The second kappa shape index (κ2) is 6.96. The quantitative estimate of drug-likeness (QED) is 0.561. The van der Waals surface area contributed by atoms with Gasteiger partial charge in [-0.15, -0.1) is 10.2 Å². The summed E-state index contributed by atoms with van der Waals surface area (Å²) in [6, 6.07) is 9.77. The molecule has 0 fully saturated rings. The molecule has 0 bridgehead atoms. The molecule has 28 heavy (non-hydrogen) atoms. The molecule has 4 aromatic rings. The van der Waals surface area contributed by atoms with Crippen LogP contribution in [0.15, 0.2) is 42.5 Å². The molecule has 0 aliphatic carbocycles. The van der Waals surface area contributed by atoms with Crippen molar-refractivity contribution in [2.75, 3.05) is 5.32 Å². The molecule has 0 aliphatic heterocycles. The number of carbonyl (C=O) groups is 1. The number of alkyl halides is 3. The Morgan fingerprint density at radius 2 is 1.96 bits per heavy atom. The Labute approximate surface area is 159 Å². The third kappa shape index (κ3) is 3.67. The SMILES string of the molecule is O=C(Cn1nnc(-c2cccc(C(F)(F)F)c2)n1)Nc1cccc2nsnc12. The standard InChI is InChI=1S/C16H10F3N7OS/c17-16(18,19)10-4-1-3-9(7-10)15-21-25-26(22-15)8-13(27)20-11-5-2-6-12-14(11)24-28-23-12/h1-7H,8H2,(H,20,27). The number of anilines is 1. The first kappa shape index (κ1) is 18.0. The maximum absolute atomic E-state index is 12.8. The smallest absolute Gasteiger partial charge is 0.322 e. The van der Waals surface area contributed by atoms with E-state index in [-0.39, 0.29) is 17.9 Å². The number of nitrogens with one attached hydrogen (secondary N) is 1. The molecule has 0 aliphatic rings. The van der Waals surface area contributed by atoms with Gasteiger partial charge in [0.2, 0.25) is 11.7 Å². The number of tetrazole rings is 1. The highest BCUT2D eigenvalue weighted by molar-refractivity contribution is 7.00. The normalized spacial score (nSPS) is 11.7. The molecule has 0 unspecified atom stereocenters. The molecule has 8 nitrogen and oxygen atoms in total. The minimum Gasteiger partial charge on any atom is -0.322 e. The van der Waals surface area contributed by atoms with Gasteiger partial charge in [0.25, 0.3) is 0 Å². The van der Waals surface area contributed by atoms with Crippen LogP contribution in [0.2, 0.25) is 0 Å². The molecule has 2 aromatic heterocycles. The van der Waals surface area contributed by atoms with E-state index in [1.807, 2.05) is 0 Å². The van der Waals surface area contributed by atoms with E-state index in [1.54, 1.807) is 18.2 Å². The largest absolute Gasteiger partial charge is 0.416 e. The molecule has 0 radical (unpaired) electrons. The van der Waals surface area contributed by atoms with E-state index in [0.29, 0.717) is 16.7 Å². The molecule has 142 valence electrons. The van der Waals surface area contributed by atoms with Crippen molar-refractivity contribution >= 4 is 34.4 Å². The minimum absolute atomic E-state index is 0.00953. The molecule has 1 N–H and O–H groups in total. The summed E-state index contributed by atoms with van der Waals surface area (Å²) in [6.07, 6.45) is -4.47. The molecule has 0 spiro atoms. The highest BCUT2D eigenvalue weighted by Crippen LogP contribution is 2.31. The van der Waals surface area contributed by atoms with E-state index in [4.69, 9.17) is 0 Å². The predicted molar refractivity (Wildman–Crippen MR) is 94.3 cm³/mol. The first-order valence-electron chi connectivity index (χ1n) is 7.87. The molecule has 12 heteroatoms. The Morgan fingerprint density at radius 3 is 2.79 bits per heavy atom. The summed E-state index contributed by atoms with van der Waals surface area (Å²) < 4.78 is 46.7. The Hall–Kier alpha value is -3.41. The average molecular weight is 405 g/mol. The van der Waals surface area contributed by atoms with Crippen LogP contribution in [0.3, 0.4) is 0 Å². The summed E-state index contributed by atoms with van der Waals surface area (Å²) in [5.41, 5.74) is 1.06. The van der Waals surface area contributed by atoms with Gasteiger partial charge in [-0.2, -0.15) is 26.7 Å². The van der Waals surface area contributed by atoms with Gasteiger partial charge in [0, 0.05) is 5.56 Å². The van der Waals surface area contributed by atoms with Crippen molar-refractivity contribution in [3.63, 3.8) is 0 Å². The zero-order valence-corrected chi connectivity index (χ0v) is 14.7. The number of hydrogen-bond acceptors (Lipinski definition) is 7. The van der Waals surface area contributed by atoms with E-state index < -0.39 is 17.6 Å². The summed E-state index contributed by atoms with van der Waals surface area (Å²) in [5, 5.41) is 14.1. The lowest BCUT2D eigenvalue weighted by molar-refractivity contribution is -0.137. The van der Waals surface area contributed by atoms with Crippen molar-refractivity contribution in [2.45, 2.75) is 12.7 Å². The summed E-state index contributed by atoms with van der Waals surface area (Å²) in [6.45, 7) is -0.264. The van der Waals surface area contributed by atoms with Crippen LogP contribution >= 0.6 is 11.7 Å². The van der Waals surface area contributed by atoms with Crippen LogP contribution in [0.1, 0.15) is 5.56 Å². The molecule has 2 heterocycles. The number of benzene rings is 2. The summed E-state index contributed by atoms with van der Waals surface area (Å²) in [5.74, 6) is -0.446. The fourth-order valence-corrected chi connectivity index (χ4v) is 3.04. The topological polar surface area (TPSA) is 98.5 Å². The van der Waals surface area contributed by atoms with Crippen molar-refractivity contribution < 1.29 is 18.0 Å². The van der Waals surface area contributed by atoms with Gasteiger partial charge in [-0.05, 0) is 29.5 Å². The first-order chi connectivity index (χ1) is 13.4. The molecule has 2 aromatic carbocycles. The number of fused-ring (bicyclic) bond motifs is 1. The number of nitrogens with zero attached hydrogens (tertiary/aromatic N) is 6. The van der Waals surface area contributed by atoms with E-state index in [2.05, 4.69) is 29.5 Å². The lowest BCUT2D eigenvalue weighted by Gasteiger charge is -2.06. The summed E-state index contributed by atoms with van der Waals surface area (Å²) >= 11 is 1.03. The minimum atomic E-state index is -4.47. The van der Waals surface area contributed by atoms with Gasteiger partial charge < -0.3 is 5.32 Å². The fourth-order valence-electron chi connectivity index (χ4n) is 2.49. The molecule has 4 rings (SSSR count). The van der Waals surface area contributed by atoms with Crippen molar-refractivity contribution in [1.82, 2.24) is 29.0 Å². The third-order valence-corrected chi connectivity index (χ3v) is 4.29. The van der Waals surface area contributed by atoms with Crippen molar-refractivity contribution in [3.05, 3.63) is 48.0 Å². The second-order valence-electron chi connectivity index (χ2n) is 5.71. The van der Waals surface area contributed by atoms with Crippen LogP contribution in [0.25, 0.3) is 22.4 Å². The second-order valence-corrected chi connectivity index (χ2v) is 6.24. The van der Waals surface area contributed by atoms with E-state index in [0.717, 1.165) is 28.7 Å². The zero-order valence-electron chi connectivity index (χ0n) is 13.9. The number of halogens is 3. The molecule has 1 amide bonds. The van der Waals surface area contributed by atoms with Gasteiger partial charge in [-0.1, -0.05) is 18.2 Å². The summed E-state index contributed by atoms with van der Waals surface area (Å²) in [4.78, 5) is 13.2. The number of carbonyl (C=O) groups excluding carboxylic acids is 1. The van der Waals surface area contributed by atoms with Crippen LogP contribution in [0, 0.1) is 0 Å². The number of rotatable bonds is 4. The average Bonchev–Trinajstić information content (AvgIpc) is 3.31. The highest BCUT2D eigenvalue weighted by atomic mass is 32.1. The van der Waals surface area contributed by atoms with Crippen molar-refractivity contribution in [3.8, 4) is 11.4 Å². The molecular formula is C16H10F3N7OS. The van der Waals surface area contributed by atoms with Crippen molar-refractivity contribution in [2.24, 2.45) is 0 Å². The van der Waals surface area contributed by atoms with Crippen LogP contribution in [-0.2, 0) is 17.5 Å². The number of hydrogen-bond donors (Lipinski definition) is 1. The zero-order chi connectivity index (χ0) is 19.7. The third-order valence-electron chi connectivity index (χ3n) is 3.75. The van der Waals surface area contributed by atoms with Crippen LogP contribution in [0.5, 0.6) is 0 Å². The first-order valence-corrected chi connectivity index (χ1v) is 8.60. The Bertz CT molecular complexity index is 1150. The molecule has 0 atom stereocenters. The monoisotopic (exact) mass is 405 g/mol. The summed E-state index contributed by atoms with van der Waals surface area (Å²) in [7, 11) is 0. The van der Waals surface area contributed by atoms with Gasteiger partial charge in [-0.3, -0.25) is 4.79 Å². The van der Waals surface area contributed by atoms with Gasteiger partial charge in [0.05, 0.1) is 23.0 Å². The van der Waals surface area contributed by atoms with Gasteiger partial charge >= 0.3 is 6.18 Å². The van der Waals surface area contributed by atoms with E-state index in [9.17, 15) is 18.0 Å².